The second-order valence-electron chi connectivity index (χ2n) is 28.6. The molecular formula is C86H94N6O22Tc-2. The number of carbonyl (C=O) groups excluding carboxylic acids is 11. The van der Waals surface area contributed by atoms with Gasteiger partial charge in [-0.1, -0.05) is 129 Å². The van der Waals surface area contributed by atoms with Gasteiger partial charge in [0.25, 0.3) is 0 Å². The van der Waals surface area contributed by atoms with Crippen LogP contribution in [-0.4, -0.2) is 175 Å². The summed E-state index contributed by atoms with van der Waals surface area (Å²) in [5.74, 6) is -17.9. The summed E-state index contributed by atoms with van der Waals surface area (Å²) in [6, 6.07) is 34.5. The molecule has 9 atom stereocenters. The molecule has 2 aromatic heterocycles. The number of amides is 3. The number of pyridine rings is 2. The molecule has 115 heavy (non-hydrogen) atoms. The van der Waals surface area contributed by atoms with E-state index in [1.165, 1.54) is 0 Å². The maximum Gasteiger partial charge on any atom is 0.339 e. The number of aliphatic hydroxyl groups excluding tert-OH is 1. The summed E-state index contributed by atoms with van der Waals surface area (Å²) in [6.07, 6.45) is 1.44. The van der Waals surface area contributed by atoms with E-state index in [9.17, 15) is 82.8 Å². The zero-order valence-corrected chi connectivity index (χ0v) is 65.9. The van der Waals surface area contributed by atoms with Crippen LogP contribution < -0.4 is 16.0 Å². The number of allylic oxidation sites excluding steroid dienone is 2. The molecule has 8 N–H and O–H groups in total. The smallest absolute Gasteiger partial charge is 0.339 e. The Labute approximate surface area is 678 Å². The molecule has 4 aliphatic rings. The van der Waals surface area contributed by atoms with E-state index < -0.39 is 194 Å². The number of aliphatic hydroxyl groups is 1. The zero-order valence-electron chi connectivity index (χ0n) is 64.1. The molecule has 1 aliphatic heterocycles. The molecule has 0 fully saturated rings. The van der Waals surface area contributed by atoms with E-state index in [0.717, 1.165) is 53.2 Å². The van der Waals surface area contributed by atoms with Gasteiger partial charge < -0.3 is 65.3 Å². The third kappa shape index (κ3) is 26.0. The summed E-state index contributed by atoms with van der Waals surface area (Å²) in [6.45, 7) is 12.4. The Morgan fingerprint density at radius 2 is 1.10 bits per heavy atom. The molecule has 3 heterocycles. The number of fused-ring (bicyclic) bond motifs is 7. The SMILES string of the molecule is CC(=O)C[C@@H](CC(=O)O)C(=O)N[C@@H](CCC(=O)O)C(=O)C[C@H](C(=O)N[C@@H](CC(=O)O)C(=O)Cc1ccc2c(c1)CC1=CC(CC(=O)[C@H](CC(=O)O)NC(=O)[C@H](CCCCN(Cc3ccccn3)Cc3ccccn3)CC(=O)OCC3c4ccccc4-c4ccccc43)=CC3OC(=O)c4ccccc4C2C13)C(C)C.CO.[CH-]=O.[CH-]=O.[Tc]. The molecule has 0 spiro atoms. The Morgan fingerprint density at radius 1 is 0.565 bits per heavy atom. The van der Waals surface area contributed by atoms with E-state index in [0.29, 0.717) is 60.3 Å². The van der Waals surface area contributed by atoms with E-state index >= 15 is 0 Å². The van der Waals surface area contributed by atoms with Crippen LogP contribution in [0.2, 0.25) is 0 Å². The molecule has 4 aromatic carbocycles. The van der Waals surface area contributed by atoms with Crippen LogP contribution in [0.15, 0.2) is 163 Å². The Balaban J connectivity index is 0.00000287. The number of carboxylic acid groups (broad SMARTS) is 4. The van der Waals surface area contributed by atoms with Gasteiger partial charge in [0, 0.05) is 114 Å². The Morgan fingerprint density at radius 3 is 1.64 bits per heavy atom. The molecule has 6 aromatic rings. The first-order valence-corrected chi connectivity index (χ1v) is 37.2. The number of aromatic nitrogens is 2. The number of carbonyl (C=O) groups is 13. The van der Waals surface area contributed by atoms with Crippen LogP contribution in [0.4, 0.5) is 0 Å². The average Bonchev–Trinajstić information content (AvgIpc) is 1.70. The van der Waals surface area contributed by atoms with E-state index in [2.05, 4.69) is 44.4 Å². The van der Waals surface area contributed by atoms with Gasteiger partial charge in [0.15, 0.2) is 17.3 Å². The van der Waals surface area contributed by atoms with Crippen molar-refractivity contribution in [3.63, 3.8) is 0 Å². The minimum atomic E-state index is -1.64. The molecule has 0 saturated heterocycles. The molecule has 1 radical (unpaired) electrons. The number of rotatable bonds is 40. The van der Waals surface area contributed by atoms with Crippen LogP contribution in [0.1, 0.15) is 165 Å². The van der Waals surface area contributed by atoms with Gasteiger partial charge in [0.1, 0.15) is 18.5 Å². The standard InChI is InChI=1S/C83H88N6O19.CH4O.2CHO.Tc/c1-47(2)64(41-71(93)66(27-28-73(94)95)86-81(104)54(32-48(3)90)39-74(96)97)82(105)88-68(43-76(100)101)69(91)35-49-25-26-57-52(33-49)38-53-34-50(37-72-78(53)79(57)62-23-8-9-24-63(62)83(106)108-72)36-70(92)67(42-75(98)99)87-80(103)51(16-12-15-31-89(44-55-17-10-13-29-84-55)45-56-18-11-14-30-85-56)40-77(102)107-46-65-60-21-6-4-19-58(60)59-20-5-7-22-61(59)65;3*1-2;/h4-11,13-14,17-26,29-30,33-34,37,47,51,54,64-68,72,78-79H,12,15-16,27-28,31-32,35-36,38-46H2,1-3H3,(H,86,104)(H,87,103)(H,88,105)(H,94,95)(H,96,97)(H,98,99)(H,100,101);2H,1H3;2*1H;/q;;2*-1;/t51-,54+,64+,66+,67+,68+,72?,78?,79?;;;;/m1..../s1. The number of Topliss-reactive ketones (excluding diaryl/α,β-unsaturated/α-hetero) is 4. The molecule has 0 saturated carbocycles. The molecule has 3 aliphatic carbocycles. The van der Waals surface area contributed by atoms with Crippen molar-refractivity contribution in [2.75, 3.05) is 20.3 Å². The number of carboxylic acids is 4. The van der Waals surface area contributed by atoms with Crippen molar-refractivity contribution in [2.24, 2.45) is 29.6 Å². The van der Waals surface area contributed by atoms with Crippen LogP contribution in [0.3, 0.4) is 0 Å². The molecule has 3 unspecified atom stereocenters. The first-order valence-electron chi connectivity index (χ1n) is 37.2. The Hall–Kier alpha value is -11.5. The van der Waals surface area contributed by atoms with Gasteiger partial charge in [0.05, 0.1) is 66.7 Å². The van der Waals surface area contributed by atoms with E-state index in [1.54, 1.807) is 68.7 Å². The topological polar surface area (TPSA) is 441 Å². The predicted molar refractivity (Wildman–Crippen MR) is 413 cm³/mol. The maximum absolute atomic E-state index is 14.9. The average molecular weight is 1660 g/mol. The summed E-state index contributed by atoms with van der Waals surface area (Å²) in [4.78, 5) is 201. The van der Waals surface area contributed by atoms with Crippen molar-refractivity contribution in [3.05, 3.63) is 213 Å². The van der Waals surface area contributed by atoms with Crippen LogP contribution in [0, 0.1) is 29.6 Å². The third-order valence-electron chi connectivity index (χ3n) is 20.4. The molecule has 28 nitrogen and oxygen atoms in total. The van der Waals surface area contributed by atoms with Crippen LogP contribution in [-0.2, 0) is 123 Å². The number of esters is 2. The van der Waals surface area contributed by atoms with Crippen molar-refractivity contribution >= 4 is 90.2 Å². The number of hydrogen-bond donors (Lipinski definition) is 8. The summed E-state index contributed by atoms with van der Waals surface area (Å²) in [7, 11) is 1.00. The van der Waals surface area contributed by atoms with Gasteiger partial charge >= 0.3 is 35.8 Å². The van der Waals surface area contributed by atoms with E-state index in [1.807, 2.05) is 97.1 Å². The molecule has 29 heteroatoms. The number of unbranched alkanes of at least 4 members (excludes halogenated alkanes) is 1. The minimum absolute atomic E-state index is 0. The quantitative estimate of drug-likeness (QED) is 0.00778. The zero-order chi connectivity index (χ0) is 83.3. The van der Waals surface area contributed by atoms with Crippen molar-refractivity contribution < 1.29 is 127 Å². The normalized spacial score (nSPS) is 16.0. The van der Waals surface area contributed by atoms with Gasteiger partial charge in [-0.2, -0.15) is 0 Å². The second-order valence-corrected chi connectivity index (χ2v) is 28.6. The van der Waals surface area contributed by atoms with Gasteiger partial charge in [-0.05, 0) is 132 Å². The first kappa shape index (κ1) is 92.3. The van der Waals surface area contributed by atoms with Gasteiger partial charge in [-0.15, -0.1) is 0 Å². The van der Waals surface area contributed by atoms with Crippen LogP contribution >= 0.6 is 0 Å². The molecule has 0 bridgehead atoms. The fraction of sp³-hybridized carbons (Fsp3) is 0.384. The number of benzene rings is 4. The predicted octanol–water partition coefficient (Wildman–Crippen LogP) is 8.12. The summed E-state index contributed by atoms with van der Waals surface area (Å²) >= 11 is 0. The fourth-order valence-electron chi connectivity index (χ4n) is 15.2. The molecular weight excluding hydrogens is 1570 g/mol. The van der Waals surface area contributed by atoms with Gasteiger partial charge in [-0.3, -0.25) is 81.2 Å². The number of ketones is 4. The molecule has 3 amide bonds. The fourth-order valence-corrected chi connectivity index (χ4v) is 15.2. The summed E-state index contributed by atoms with van der Waals surface area (Å²) in [5.41, 5.74) is 9.57. The number of hydrogen-bond acceptors (Lipinski definition) is 21. The van der Waals surface area contributed by atoms with Crippen LogP contribution in [0.25, 0.3) is 11.1 Å². The second kappa shape index (κ2) is 45.4. The minimum Gasteiger partial charge on any atom is -0.545 e. The maximum atomic E-state index is 14.9. The number of nitrogens with zero attached hydrogens (tertiary/aromatic N) is 3. The van der Waals surface area contributed by atoms with Gasteiger partial charge in [0.2, 0.25) is 17.7 Å². The van der Waals surface area contributed by atoms with Crippen molar-refractivity contribution in [1.82, 2.24) is 30.8 Å². The Bertz CT molecular complexity index is 4430. The number of ether oxygens (including phenoxy) is 2. The first-order chi connectivity index (χ1) is 54.8. The molecule has 10 rings (SSSR count). The monoisotopic (exact) mass is 1660 g/mol. The largest absolute Gasteiger partial charge is 0.545 e. The number of aliphatic carboxylic acids is 4. The van der Waals surface area contributed by atoms with Crippen molar-refractivity contribution in [1.29, 1.82) is 0 Å². The molecule has 609 valence electrons. The third-order valence-corrected chi connectivity index (χ3v) is 20.4. The summed E-state index contributed by atoms with van der Waals surface area (Å²) < 4.78 is 12.3. The Kier molecular flexibility index (Phi) is 36.5. The van der Waals surface area contributed by atoms with Gasteiger partial charge in [-0.25, -0.2) is 4.79 Å². The number of nitrogens with one attached hydrogen (secondary N) is 3. The van der Waals surface area contributed by atoms with Crippen molar-refractivity contribution in [2.45, 2.75) is 160 Å². The summed E-state index contributed by atoms with van der Waals surface area (Å²) in [5, 5.41) is 54.0. The van der Waals surface area contributed by atoms with E-state index in [-0.39, 0.29) is 57.5 Å². The van der Waals surface area contributed by atoms with Crippen LogP contribution in [0.5, 0.6) is 0 Å². The van der Waals surface area contributed by atoms with Crippen molar-refractivity contribution in [3.8, 4) is 11.1 Å². The van der Waals surface area contributed by atoms with E-state index in [4.69, 9.17) is 24.2 Å².